The van der Waals surface area contributed by atoms with Crippen LogP contribution in [0.5, 0.6) is 0 Å². The lowest BCUT2D eigenvalue weighted by molar-refractivity contribution is 0.527. The van der Waals surface area contributed by atoms with Gasteiger partial charge >= 0.3 is 0 Å². The number of nitrogens with two attached hydrogens (primary N) is 1. The van der Waals surface area contributed by atoms with Crippen molar-refractivity contribution in [1.29, 1.82) is 0 Å². The molecule has 0 saturated carbocycles. The van der Waals surface area contributed by atoms with Crippen molar-refractivity contribution in [2.24, 2.45) is 5.84 Å². The minimum Gasteiger partial charge on any atom is -0.468 e. The van der Waals surface area contributed by atoms with Gasteiger partial charge in [-0.25, -0.2) is 10.8 Å². The molecule has 0 aromatic carbocycles. The van der Waals surface area contributed by atoms with Crippen LogP contribution in [0.1, 0.15) is 11.3 Å². The fraction of sp³-hybridized carbons (Fsp3) is 0.182. The molecule has 0 aliphatic carbocycles. The first kappa shape index (κ1) is 11.0. The second kappa shape index (κ2) is 5.05. The Kier molecular flexibility index (Phi) is 3.48. The smallest absolute Gasteiger partial charge is 0.139 e. The third kappa shape index (κ3) is 2.56. The molecule has 16 heavy (non-hydrogen) atoms. The standard InChI is InChI=1S/C11H13N3OS/c1-8-10(4-5-15-8)16-7-9-2-3-11(14-12)13-6-9/h2-6H,7,12H2,1H3,(H,13,14). The van der Waals surface area contributed by atoms with E-state index < -0.39 is 0 Å². The van der Waals surface area contributed by atoms with Gasteiger partial charge in [0.1, 0.15) is 11.6 Å². The number of pyridine rings is 1. The lowest BCUT2D eigenvalue weighted by Crippen LogP contribution is -2.08. The maximum absolute atomic E-state index is 5.24. The van der Waals surface area contributed by atoms with Gasteiger partial charge in [0.25, 0.3) is 0 Å². The monoisotopic (exact) mass is 235 g/mol. The van der Waals surface area contributed by atoms with E-state index in [0.29, 0.717) is 5.82 Å². The highest BCUT2D eigenvalue weighted by Gasteiger charge is 2.02. The maximum atomic E-state index is 5.24. The molecule has 2 rings (SSSR count). The van der Waals surface area contributed by atoms with Crippen LogP contribution in [0.2, 0.25) is 0 Å². The molecule has 3 N–H and O–H groups in total. The largest absolute Gasteiger partial charge is 0.468 e. The molecule has 5 heteroatoms. The molecule has 0 aliphatic rings. The Hall–Kier alpha value is -1.46. The van der Waals surface area contributed by atoms with Gasteiger partial charge in [0.2, 0.25) is 0 Å². The van der Waals surface area contributed by atoms with Crippen LogP contribution in [0, 0.1) is 6.92 Å². The van der Waals surface area contributed by atoms with E-state index in [0.717, 1.165) is 17.1 Å². The fourth-order valence-electron chi connectivity index (χ4n) is 1.28. The first-order chi connectivity index (χ1) is 7.79. The summed E-state index contributed by atoms with van der Waals surface area (Å²) in [6.45, 7) is 1.96. The van der Waals surface area contributed by atoms with Crippen LogP contribution in [-0.4, -0.2) is 4.98 Å². The van der Waals surface area contributed by atoms with Crippen LogP contribution in [0.3, 0.4) is 0 Å². The molecule has 2 aromatic heterocycles. The van der Waals surface area contributed by atoms with Gasteiger partial charge in [-0.05, 0) is 24.6 Å². The van der Waals surface area contributed by atoms with E-state index in [1.165, 1.54) is 4.90 Å². The van der Waals surface area contributed by atoms with Crippen molar-refractivity contribution in [3.8, 4) is 0 Å². The number of anilines is 1. The normalized spacial score (nSPS) is 10.4. The van der Waals surface area contributed by atoms with Gasteiger partial charge in [0, 0.05) is 16.8 Å². The molecule has 0 aliphatic heterocycles. The number of nitrogen functional groups attached to an aromatic ring is 1. The molecule has 0 fully saturated rings. The predicted octanol–water partition coefficient (Wildman–Crippen LogP) is 2.56. The first-order valence-corrected chi connectivity index (χ1v) is 5.86. The highest BCUT2D eigenvalue weighted by molar-refractivity contribution is 7.98. The Morgan fingerprint density at radius 3 is 2.88 bits per heavy atom. The van der Waals surface area contributed by atoms with Crippen molar-refractivity contribution < 1.29 is 4.42 Å². The number of aromatic nitrogens is 1. The maximum Gasteiger partial charge on any atom is 0.139 e. The summed E-state index contributed by atoms with van der Waals surface area (Å²) in [6, 6.07) is 5.84. The molecule has 2 aromatic rings. The minimum atomic E-state index is 0.674. The molecule has 0 atom stereocenters. The molecule has 0 unspecified atom stereocenters. The van der Waals surface area contributed by atoms with Crippen molar-refractivity contribution in [3.05, 3.63) is 42.0 Å². The van der Waals surface area contributed by atoms with Gasteiger partial charge in [0.15, 0.2) is 0 Å². The zero-order valence-corrected chi connectivity index (χ0v) is 9.75. The van der Waals surface area contributed by atoms with Crippen molar-refractivity contribution in [2.45, 2.75) is 17.6 Å². The lowest BCUT2D eigenvalue weighted by atomic mass is 10.3. The highest BCUT2D eigenvalue weighted by atomic mass is 32.2. The molecule has 0 radical (unpaired) electrons. The van der Waals surface area contributed by atoms with E-state index in [-0.39, 0.29) is 0 Å². The van der Waals surface area contributed by atoms with Gasteiger partial charge in [-0.3, -0.25) is 0 Å². The van der Waals surface area contributed by atoms with Crippen molar-refractivity contribution in [3.63, 3.8) is 0 Å². The van der Waals surface area contributed by atoms with Crippen LogP contribution in [0.4, 0.5) is 5.82 Å². The highest BCUT2D eigenvalue weighted by Crippen LogP contribution is 2.26. The van der Waals surface area contributed by atoms with Gasteiger partial charge in [-0.15, -0.1) is 11.8 Å². The average Bonchev–Trinajstić information content (AvgIpc) is 2.73. The van der Waals surface area contributed by atoms with Crippen molar-refractivity contribution >= 4 is 17.6 Å². The Bertz CT molecular complexity index is 453. The topological polar surface area (TPSA) is 64.1 Å². The number of furan rings is 1. The molecular weight excluding hydrogens is 222 g/mol. The minimum absolute atomic E-state index is 0.674. The third-order valence-electron chi connectivity index (χ3n) is 2.18. The molecule has 2 heterocycles. The molecule has 0 bridgehead atoms. The van der Waals surface area contributed by atoms with E-state index in [2.05, 4.69) is 10.4 Å². The number of nitrogens with one attached hydrogen (secondary N) is 1. The van der Waals surface area contributed by atoms with Crippen LogP contribution in [0.25, 0.3) is 0 Å². The van der Waals surface area contributed by atoms with E-state index in [4.69, 9.17) is 10.3 Å². The molecule has 0 amide bonds. The summed E-state index contributed by atoms with van der Waals surface area (Å²) in [6.07, 6.45) is 3.52. The lowest BCUT2D eigenvalue weighted by Gasteiger charge is -2.02. The van der Waals surface area contributed by atoms with Crippen LogP contribution < -0.4 is 11.3 Å². The van der Waals surface area contributed by atoms with Gasteiger partial charge in [0.05, 0.1) is 6.26 Å². The Balaban J connectivity index is 1.97. The summed E-state index contributed by atoms with van der Waals surface area (Å²) in [5.74, 6) is 7.74. The molecule has 84 valence electrons. The number of nitrogens with zero attached hydrogens (tertiary/aromatic N) is 1. The predicted molar refractivity (Wildman–Crippen MR) is 65.1 cm³/mol. The summed E-state index contributed by atoms with van der Waals surface area (Å²) in [7, 11) is 0. The third-order valence-corrected chi connectivity index (χ3v) is 3.39. The van der Waals surface area contributed by atoms with Gasteiger partial charge in [-0.1, -0.05) is 6.07 Å². The number of rotatable bonds is 4. The number of hydrogen-bond donors (Lipinski definition) is 2. The number of hydrogen-bond acceptors (Lipinski definition) is 5. The quantitative estimate of drug-likeness (QED) is 0.484. The van der Waals surface area contributed by atoms with E-state index >= 15 is 0 Å². The fourth-order valence-corrected chi connectivity index (χ4v) is 2.18. The molecule has 0 spiro atoms. The molecular formula is C11H13N3OS. The second-order valence-corrected chi connectivity index (χ2v) is 4.34. The average molecular weight is 235 g/mol. The zero-order valence-electron chi connectivity index (χ0n) is 8.93. The number of hydrazine groups is 1. The van der Waals surface area contributed by atoms with Crippen LogP contribution in [-0.2, 0) is 5.75 Å². The summed E-state index contributed by atoms with van der Waals surface area (Å²) in [5, 5.41) is 0. The van der Waals surface area contributed by atoms with E-state index in [9.17, 15) is 0 Å². The molecule has 4 nitrogen and oxygen atoms in total. The Morgan fingerprint density at radius 1 is 1.44 bits per heavy atom. The van der Waals surface area contributed by atoms with Crippen LogP contribution >= 0.6 is 11.8 Å². The van der Waals surface area contributed by atoms with Crippen molar-refractivity contribution in [1.82, 2.24) is 4.98 Å². The van der Waals surface area contributed by atoms with Gasteiger partial charge < -0.3 is 9.84 Å². The second-order valence-electron chi connectivity index (χ2n) is 3.33. The molecule has 0 saturated heterocycles. The van der Waals surface area contributed by atoms with Gasteiger partial charge in [-0.2, -0.15) is 0 Å². The number of aryl methyl sites for hydroxylation is 1. The Labute approximate surface area is 98.2 Å². The summed E-state index contributed by atoms with van der Waals surface area (Å²) in [4.78, 5) is 5.31. The Morgan fingerprint density at radius 2 is 2.31 bits per heavy atom. The van der Waals surface area contributed by atoms with E-state index in [1.807, 2.05) is 31.3 Å². The summed E-state index contributed by atoms with van der Waals surface area (Å²) >= 11 is 1.73. The summed E-state index contributed by atoms with van der Waals surface area (Å²) < 4.78 is 5.23. The van der Waals surface area contributed by atoms with E-state index in [1.54, 1.807) is 18.0 Å². The SMILES string of the molecule is Cc1occc1SCc1ccc(NN)nc1. The number of thioether (sulfide) groups is 1. The zero-order chi connectivity index (χ0) is 11.4. The summed E-state index contributed by atoms with van der Waals surface area (Å²) in [5.41, 5.74) is 3.66. The van der Waals surface area contributed by atoms with Crippen LogP contribution in [0.15, 0.2) is 40.0 Å². The van der Waals surface area contributed by atoms with Crippen molar-refractivity contribution in [2.75, 3.05) is 5.43 Å². The first-order valence-electron chi connectivity index (χ1n) is 4.88.